The van der Waals surface area contributed by atoms with E-state index < -0.39 is 24.0 Å². The fourth-order valence-corrected chi connectivity index (χ4v) is 4.47. The summed E-state index contributed by atoms with van der Waals surface area (Å²) in [6, 6.07) is 11.7. The fourth-order valence-electron chi connectivity index (χ4n) is 4.17. The Balaban J connectivity index is 1.52. The lowest BCUT2D eigenvalue weighted by atomic mass is 9.74. The minimum absolute atomic E-state index is 0.0650. The second kappa shape index (κ2) is 8.59. The minimum Gasteiger partial charge on any atom is -0.454 e. The highest BCUT2D eigenvalue weighted by Gasteiger charge is 2.48. The number of rotatable bonds is 5. The number of ketones is 1. The van der Waals surface area contributed by atoms with Crippen molar-refractivity contribution in [2.75, 3.05) is 20.4 Å². The number of likely N-dealkylation sites (N-methyl/N-ethyl adjacent to an activating group) is 1. The van der Waals surface area contributed by atoms with E-state index in [0.717, 1.165) is 12.8 Å². The van der Waals surface area contributed by atoms with E-state index in [-0.39, 0.29) is 18.1 Å². The molecule has 0 N–H and O–H groups in total. The quantitative estimate of drug-likeness (QED) is 0.655. The first-order valence-corrected chi connectivity index (χ1v) is 10.4. The maximum Gasteiger partial charge on any atom is 0.338 e. The number of carbonyl (C=O) groups excluding carboxylic acids is 3. The zero-order valence-electron chi connectivity index (χ0n) is 17.1. The molecule has 0 spiro atoms. The lowest BCUT2D eigenvalue weighted by Gasteiger charge is -2.43. The number of ether oxygens (including phenoxy) is 3. The predicted octanol–water partition coefficient (Wildman–Crippen LogP) is 3.72. The van der Waals surface area contributed by atoms with Crippen molar-refractivity contribution < 1.29 is 28.6 Å². The number of nitrogens with zero attached hydrogens (tertiary/aromatic N) is 1. The Morgan fingerprint density at radius 3 is 2.68 bits per heavy atom. The van der Waals surface area contributed by atoms with Crippen molar-refractivity contribution >= 4 is 29.3 Å². The fraction of sp³-hybridized carbons (Fsp3) is 0.348. The highest BCUT2D eigenvalue weighted by atomic mass is 35.5. The number of esters is 1. The standard InChI is InChI=1S/C23H22ClNO6/c1-25(23(11-5-4-8-20(23)26)16-6-2-3-7-17(16)24)21(27)13-29-22(28)15-9-10-18-19(12-15)31-14-30-18/h2-3,6-7,9-10,12H,4-5,8,11,13-14H2,1H3. The van der Waals surface area contributed by atoms with Crippen LogP contribution in [0.15, 0.2) is 42.5 Å². The van der Waals surface area contributed by atoms with Crippen molar-refractivity contribution in [2.45, 2.75) is 31.2 Å². The molecule has 2 aromatic rings. The minimum atomic E-state index is -1.17. The van der Waals surface area contributed by atoms with E-state index in [1.807, 2.05) is 0 Å². The lowest BCUT2D eigenvalue weighted by molar-refractivity contribution is -0.150. The molecule has 1 heterocycles. The molecule has 0 saturated heterocycles. The summed E-state index contributed by atoms with van der Waals surface area (Å²) in [5.41, 5.74) is -0.327. The molecule has 4 rings (SSSR count). The molecule has 1 saturated carbocycles. The molecule has 1 unspecified atom stereocenters. The van der Waals surface area contributed by atoms with Gasteiger partial charge in [-0.25, -0.2) is 4.79 Å². The van der Waals surface area contributed by atoms with Gasteiger partial charge >= 0.3 is 5.97 Å². The van der Waals surface area contributed by atoms with Crippen molar-refractivity contribution in [1.82, 2.24) is 4.90 Å². The first-order chi connectivity index (χ1) is 14.9. The Labute approximate surface area is 184 Å². The number of hydrogen-bond acceptors (Lipinski definition) is 6. The van der Waals surface area contributed by atoms with E-state index in [1.54, 1.807) is 43.4 Å². The molecule has 1 aliphatic carbocycles. The average Bonchev–Trinajstić information content (AvgIpc) is 3.25. The third-order valence-corrected chi connectivity index (χ3v) is 6.18. The van der Waals surface area contributed by atoms with Crippen molar-refractivity contribution in [2.24, 2.45) is 0 Å². The number of hydrogen-bond donors (Lipinski definition) is 0. The zero-order valence-corrected chi connectivity index (χ0v) is 17.8. The summed E-state index contributed by atoms with van der Waals surface area (Å²) in [6.07, 6.45) is 2.38. The van der Waals surface area contributed by atoms with Gasteiger partial charge in [-0.15, -0.1) is 0 Å². The van der Waals surface area contributed by atoms with E-state index in [1.165, 1.54) is 11.0 Å². The van der Waals surface area contributed by atoms with E-state index >= 15 is 0 Å². The second-order valence-electron chi connectivity index (χ2n) is 7.57. The van der Waals surface area contributed by atoms with E-state index in [4.69, 9.17) is 25.8 Å². The van der Waals surface area contributed by atoms with Crippen LogP contribution in [0.4, 0.5) is 0 Å². The third-order valence-electron chi connectivity index (χ3n) is 5.85. The van der Waals surface area contributed by atoms with Crippen LogP contribution in [0.5, 0.6) is 11.5 Å². The normalized spacial score (nSPS) is 19.7. The maximum absolute atomic E-state index is 13.1. The van der Waals surface area contributed by atoms with Crippen LogP contribution in [-0.4, -0.2) is 43.0 Å². The topological polar surface area (TPSA) is 82.1 Å². The first kappa shape index (κ1) is 21.2. The predicted molar refractivity (Wildman–Crippen MR) is 112 cm³/mol. The summed E-state index contributed by atoms with van der Waals surface area (Å²) in [7, 11) is 1.56. The van der Waals surface area contributed by atoms with Gasteiger partial charge in [0, 0.05) is 24.1 Å². The van der Waals surface area contributed by atoms with Crippen molar-refractivity contribution in [3.63, 3.8) is 0 Å². The Morgan fingerprint density at radius 2 is 1.90 bits per heavy atom. The van der Waals surface area contributed by atoms with Gasteiger partial charge in [0.1, 0.15) is 5.54 Å². The van der Waals surface area contributed by atoms with Gasteiger partial charge in [0.15, 0.2) is 23.9 Å². The SMILES string of the molecule is CN(C(=O)COC(=O)c1ccc2c(c1)OCO2)C1(c2ccccc2Cl)CCCCC1=O. The third kappa shape index (κ3) is 3.85. The van der Waals surface area contributed by atoms with Gasteiger partial charge in [0.05, 0.1) is 5.56 Å². The summed E-state index contributed by atoms with van der Waals surface area (Å²) in [6.45, 7) is -0.404. The zero-order chi connectivity index (χ0) is 22.0. The number of carbonyl (C=O) groups is 3. The van der Waals surface area contributed by atoms with Gasteiger partial charge in [0.2, 0.25) is 6.79 Å². The van der Waals surface area contributed by atoms with Crippen LogP contribution in [0, 0.1) is 0 Å². The molecule has 8 heteroatoms. The highest BCUT2D eigenvalue weighted by Crippen LogP contribution is 2.42. The van der Waals surface area contributed by atoms with Crippen LogP contribution in [0.1, 0.15) is 41.6 Å². The van der Waals surface area contributed by atoms with E-state index in [2.05, 4.69) is 0 Å². The highest BCUT2D eigenvalue weighted by molar-refractivity contribution is 6.31. The number of Topliss-reactive ketones (excluding diaryl/α,β-unsaturated/α-hetero) is 1. The van der Waals surface area contributed by atoms with Gasteiger partial charge in [-0.05, 0) is 43.5 Å². The molecule has 1 atom stereocenters. The van der Waals surface area contributed by atoms with E-state index in [0.29, 0.717) is 34.9 Å². The van der Waals surface area contributed by atoms with Gasteiger partial charge < -0.3 is 19.1 Å². The van der Waals surface area contributed by atoms with Crippen LogP contribution in [0.25, 0.3) is 0 Å². The van der Waals surface area contributed by atoms with Crippen LogP contribution >= 0.6 is 11.6 Å². The molecule has 7 nitrogen and oxygen atoms in total. The number of benzene rings is 2. The summed E-state index contributed by atoms with van der Waals surface area (Å²) in [4.78, 5) is 39.9. The van der Waals surface area contributed by atoms with Crippen LogP contribution in [0.3, 0.4) is 0 Å². The van der Waals surface area contributed by atoms with Crippen molar-refractivity contribution in [1.29, 1.82) is 0 Å². The first-order valence-electron chi connectivity index (χ1n) is 10.1. The second-order valence-corrected chi connectivity index (χ2v) is 7.97. The molecule has 162 valence electrons. The Kier molecular flexibility index (Phi) is 5.87. The van der Waals surface area contributed by atoms with Crippen LogP contribution in [-0.2, 0) is 19.9 Å². The Bertz CT molecular complexity index is 1040. The summed E-state index contributed by atoms with van der Waals surface area (Å²) < 4.78 is 15.7. The molecule has 2 aromatic carbocycles. The number of fused-ring (bicyclic) bond motifs is 1. The monoisotopic (exact) mass is 443 g/mol. The van der Waals surface area contributed by atoms with Gasteiger partial charge in [-0.1, -0.05) is 29.8 Å². The van der Waals surface area contributed by atoms with Crippen LogP contribution < -0.4 is 9.47 Å². The molecule has 2 aliphatic rings. The molecular formula is C23H22ClNO6. The van der Waals surface area contributed by atoms with Crippen LogP contribution in [0.2, 0.25) is 5.02 Å². The molecule has 0 bridgehead atoms. The summed E-state index contributed by atoms with van der Waals surface area (Å²) >= 11 is 6.42. The van der Waals surface area contributed by atoms with Gasteiger partial charge in [-0.2, -0.15) is 0 Å². The van der Waals surface area contributed by atoms with E-state index in [9.17, 15) is 14.4 Å². The molecule has 31 heavy (non-hydrogen) atoms. The molecule has 0 radical (unpaired) electrons. The van der Waals surface area contributed by atoms with Crippen molar-refractivity contribution in [3.8, 4) is 11.5 Å². The molecule has 0 aromatic heterocycles. The largest absolute Gasteiger partial charge is 0.454 e. The average molecular weight is 444 g/mol. The smallest absolute Gasteiger partial charge is 0.338 e. The Hall–Kier alpha value is -3.06. The maximum atomic E-state index is 13.1. The number of halogens is 1. The summed E-state index contributed by atoms with van der Waals surface area (Å²) in [5.74, 6) is -0.218. The van der Waals surface area contributed by atoms with Gasteiger partial charge in [-0.3, -0.25) is 9.59 Å². The summed E-state index contributed by atoms with van der Waals surface area (Å²) in [5, 5.41) is 0.426. The molecule has 1 amide bonds. The van der Waals surface area contributed by atoms with Gasteiger partial charge in [0.25, 0.3) is 5.91 Å². The van der Waals surface area contributed by atoms with Crippen molar-refractivity contribution in [3.05, 3.63) is 58.6 Å². The Morgan fingerprint density at radius 1 is 1.13 bits per heavy atom. The molecular weight excluding hydrogens is 422 g/mol. The lowest BCUT2D eigenvalue weighted by Crippen LogP contribution is -2.55. The molecule has 1 aliphatic heterocycles. The molecule has 1 fully saturated rings. The number of amides is 1.